The van der Waals surface area contributed by atoms with E-state index in [2.05, 4.69) is 6.58 Å². The third-order valence-electron chi connectivity index (χ3n) is 2.51. The van der Waals surface area contributed by atoms with Crippen LogP contribution in [0.2, 0.25) is 0 Å². The van der Waals surface area contributed by atoms with E-state index in [4.69, 9.17) is 34.8 Å². The number of allylic oxidation sites excluding steroid dienone is 2. The second-order valence-corrected chi connectivity index (χ2v) is 5.37. The molecule has 0 aliphatic heterocycles. The van der Waals surface area contributed by atoms with Crippen LogP contribution in [0.5, 0.6) is 0 Å². The van der Waals surface area contributed by atoms with Crippen molar-refractivity contribution in [1.29, 1.82) is 0 Å². The Morgan fingerprint density at radius 3 is 1.81 bits per heavy atom. The Balaban J connectivity index is 3.16. The van der Waals surface area contributed by atoms with Gasteiger partial charge in [0.15, 0.2) is 0 Å². The fourth-order valence-corrected chi connectivity index (χ4v) is 1.87. The molecule has 0 N–H and O–H groups in total. The van der Waals surface area contributed by atoms with Crippen LogP contribution in [0.3, 0.4) is 0 Å². The van der Waals surface area contributed by atoms with E-state index in [0.29, 0.717) is 5.03 Å². The van der Waals surface area contributed by atoms with Crippen molar-refractivity contribution in [2.24, 2.45) is 0 Å². The molecule has 0 aromatic rings. The van der Waals surface area contributed by atoms with Crippen molar-refractivity contribution >= 4 is 34.8 Å². The van der Waals surface area contributed by atoms with Crippen molar-refractivity contribution in [3.05, 3.63) is 22.2 Å². The van der Waals surface area contributed by atoms with Gasteiger partial charge in [0.1, 0.15) is 4.49 Å². The summed E-state index contributed by atoms with van der Waals surface area (Å²) in [5.74, 6) is 0. The van der Waals surface area contributed by atoms with Gasteiger partial charge < -0.3 is 0 Å². The number of unbranched alkanes of at least 4 members (excludes halogenated alkanes) is 7. The molecule has 0 fully saturated rings. The van der Waals surface area contributed by atoms with Gasteiger partial charge in [-0.1, -0.05) is 73.0 Å². The van der Waals surface area contributed by atoms with Crippen molar-refractivity contribution in [3.8, 4) is 0 Å². The molecule has 0 aromatic carbocycles. The third kappa shape index (κ3) is 10.9. The van der Waals surface area contributed by atoms with Crippen LogP contribution in [0.25, 0.3) is 0 Å². The first-order valence-electron chi connectivity index (χ1n) is 5.99. The molecule has 0 nitrogen and oxygen atoms in total. The lowest BCUT2D eigenvalue weighted by Crippen LogP contribution is -1.81. The van der Waals surface area contributed by atoms with Gasteiger partial charge in [0.05, 0.1) is 0 Å². The van der Waals surface area contributed by atoms with E-state index in [9.17, 15) is 0 Å². The molecular formula is C13H21Cl3. The van der Waals surface area contributed by atoms with Crippen molar-refractivity contribution in [2.75, 3.05) is 0 Å². The summed E-state index contributed by atoms with van der Waals surface area (Å²) in [5.41, 5.74) is 0. The van der Waals surface area contributed by atoms with Crippen LogP contribution in [-0.4, -0.2) is 0 Å². The van der Waals surface area contributed by atoms with Crippen LogP contribution in [-0.2, 0) is 0 Å². The van der Waals surface area contributed by atoms with Gasteiger partial charge in [-0.15, -0.1) is 6.58 Å². The Bertz CT molecular complexity index is 205. The average molecular weight is 284 g/mol. The van der Waals surface area contributed by atoms with Gasteiger partial charge in [0, 0.05) is 5.03 Å². The summed E-state index contributed by atoms with van der Waals surface area (Å²) >= 11 is 16.9. The summed E-state index contributed by atoms with van der Waals surface area (Å²) in [4.78, 5) is 0. The molecule has 0 atom stereocenters. The molecule has 0 rings (SSSR count). The van der Waals surface area contributed by atoms with Gasteiger partial charge in [0.25, 0.3) is 0 Å². The molecule has 0 saturated carbocycles. The Morgan fingerprint density at radius 1 is 0.812 bits per heavy atom. The molecule has 0 aromatic heterocycles. The van der Waals surface area contributed by atoms with Crippen LogP contribution in [0.15, 0.2) is 22.2 Å². The van der Waals surface area contributed by atoms with Crippen LogP contribution in [0.1, 0.15) is 57.8 Å². The summed E-state index contributed by atoms with van der Waals surface area (Å²) in [6, 6.07) is 0. The van der Waals surface area contributed by atoms with Crippen molar-refractivity contribution in [2.45, 2.75) is 57.8 Å². The Hall–Kier alpha value is 0.350. The molecule has 0 radical (unpaired) electrons. The molecule has 94 valence electrons. The lowest BCUT2D eigenvalue weighted by molar-refractivity contribution is 0.583. The fraction of sp³-hybridized carbons (Fsp3) is 0.692. The largest absolute Gasteiger partial charge is 0.121 e. The smallest absolute Gasteiger partial charge is 0.103 e. The van der Waals surface area contributed by atoms with Gasteiger partial charge in [0.2, 0.25) is 0 Å². The highest BCUT2D eigenvalue weighted by Crippen LogP contribution is 2.23. The summed E-state index contributed by atoms with van der Waals surface area (Å²) < 4.78 is 0.214. The maximum absolute atomic E-state index is 5.82. The standard InChI is InChI=1S/C13H21Cl3/c1-2-3-4-5-6-7-8-9-10-11-12(14)13(15)16/h2H,1,3-11H2. The zero-order chi connectivity index (χ0) is 12.2. The van der Waals surface area contributed by atoms with Gasteiger partial charge >= 0.3 is 0 Å². The fourth-order valence-electron chi connectivity index (χ4n) is 1.55. The molecular weight excluding hydrogens is 263 g/mol. The van der Waals surface area contributed by atoms with E-state index in [1.54, 1.807) is 0 Å². The van der Waals surface area contributed by atoms with Gasteiger partial charge in [-0.05, 0) is 25.7 Å². The molecule has 0 unspecified atom stereocenters. The van der Waals surface area contributed by atoms with Crippen LogP contribution >= 0.6 is 34.8 Å². The monoisotopic (exact) mass is 282 g/mol. The first-order chi connectivity index (χ1) is 7.68. The number of hydrogen-bond donors (Lipinski definition) is 0. The minimum Gasteiger partial charge on any atom is -0.103 e. The lowest BCUT2D eigenvalue weighted by atomic mass is 10.1. The number of hydrogen-bond acceptors (Lipinski definition) is 0. The van der Waals surface area contributed by atoms with Crippen LogP contribution in [0.4, 0.5) is 0 Å². The van der Waals surface area contributed by atoms with Gasteiger partial charge in [-0.3, -0.25) is 0 Å². The van der Waals surface area contributed by atoms with Gasteiger partial charge in [-0.25, -0.2) is 0 Å². The Kier molecular flexibility index (Phi) is 12.1. The molecule has 3 heteroatoms. The van der Waals surface area contributed by atoms with E-state index < -0.39 is 0 Å². The van der Waals surface area contributed by atoms with Crippen LogP contribution in [0, 0.1) is 0 Å². The molecule has 0 heterocycles. The Labute approximate surface area is 115 Å². The Morgan fingerprint density at radius 2 is 1.31 bits per heavy atom. The first-order valence-corrected chi connectivity index (χ1v) is 7.12. The molecule has 0 spiro atoms. The molecule has 0 aliphatic carbocycles. The normalized spacial score (nSPS) is 10.2. The van der Waals surface area contributed by atoms with E-state index in [-0.39, 0.29) is 4.49 Å². The third-order valence-corrected chi connectivity index (χ3v) is 3.54. The molecule has 16 heavy (non-hydrogen) atoms. The second-order valence-electron chi connectivity index (χ2n) is 3.97. The summed E-state index contributed by atoms with van der Waals surface area (Å²) in [7, 11) is 0. The minimum absolute atomic E-state index is 0.214. The topological polar surface area (TPSA) is 0 Å². The van der Waals surface area contributed by atoms with E-state index >= 15 is 0 Å². The highest BCUT2D eigenvalue weighted by atomic mass is 35.5. The second kappa shape index (κ2) is 11.8. The number of halogens is 3. The predicted molar refractivity (Wildman–Crippen MR) is 76.3 cm³/mol. The highest BCUT2D eigenvalue weighted by molar-refractivity contribution is 6.59. The summed E-state index contributed by atoms with van der Waals surface area (Å²) in [5, 5.41) is 0.592. The van der Waals surface area contributed by atoms with Gasteiger partial charge in [-0.2, -0.15) is 0 Å². The van der Waals surface area contributed by atoms with E-state index in [1.165, 1.54) is 38.5 Å². The highest BCUT2D eigenvalue weighted by Gasteiger charge is 1.98. The average Bonchev–Trinajstić information content (AvgIpc) is 2.26. The molecule has 0 saturated heterocycles. The summed E-state index contributed by atoms with van der Waals surface area (Å²) in [6.07, 6.45) is 12.7. The molecule has 0 amide bonds. The van der Waals surface area contributed by atoms with Crippen molar-refractivity contribution in [1.82, 2.24) is 0 Å². The molecule has 0 aliphatic rings. The maximum atomic E-state index is 5.82. The van der Waals surface area contributed by atoms with E-state index in [0.717, 1.165) is 19.3 Å². The van der Waals surface area contributed by atoms with Crippen molar-refractivity contribution < 1.29 is 0 Å². The maximum Gasteiger partial charge on any atom is 0.121 e. The predicted octanol–water partition coefficient (Wildman–Crippen LogP) is 6.57. The van der Waals surface area contributed by atoms with Crippen LogP contribution < -0.4 is 0 Å². The first kappa shape index (κ1) is 16.4. The molecule has 0 bridgehead atoms. The quantitative estimate of drug-likeness (QED) is 0.314. The van der Waals surface area contributed by atoms with E-state index in [1.807, 2.05) is 6.08 Å². The number of rotatable bonds is 10. The zero-order valence-corrected chi connectivity index (χ0v) is 12.1. The summed E-state index contributed by atoms with van der Waals surface area (Å²) in [6.45, 7) is 3.71. The van der Waals surface area contributed by atoms with Crippen molar-refractivity contribution in [3.63, 3.8) is 0 Å². The SMILES string of the molecule is C=CCCCCCCCCCC(Cl)=C(Cl)Cl. The zero-order valence-electron chi connectivity index (χ0n) is 9.78. The lowest BCUT2D eigenvalue weighted by Gasteiger charge is -2.01. The minimum atomic E-state index is 0.214.